The Kier molecular flexibility index (Phi) is 6.28. The van der Waals surface area contributed by atoms with E-state index in [0.717, 1.165) is 0 Å². The number of rotatable bonds is 8. The molecule has 1 aromatic carbocycles. The van der Waals surface area contributed by atoms with E-state index >= 15 is 0 Å². The van der Waals surface area contributed by atoms with Crippen LogP contribution in [0.15, 0.2) is 24.3 Å². The quantitative estimate of drug-likeness (QED) is 0.579. The molecule has 0 aliphatic carbocycles. The highest BCUT2D eigenvalue weighted by molar-refractivity contribution is 7.99. The Morgan fingerprint density at radius 1 is 1.28 bits per heavy atom. The molecule has 0 saturated heterocycles. The number of para-hydroxylation sites is 1. The van der Waals surface area contributed by atoms with Crippen molar-refractivity contribution in [3.63, 3.8) is 0 Å². The van der Waals surface area contributed by atoms with Crippen LogP contribution in [0.4, 0.5) is 0 Å². The summed E-state index contributed by atoms with van der Waals surface area (Å²) in [4.78, 5) is 21.6. The van der Waals surface area contributed by atoms with E-state index in [9.17, 15) is 9.59 Å². The summed E-state index contributed by atoms with van der Waals surface area (Å²) < 4.78 is 5.52. The van der Waals surface area contributed by atoms with E-state index in [1.54, 1.807) is 18.2 Å². The van der Waals surface area contributed by atoms with Crippen LogP contribution in [0.5, 0.6) is 5.75 Å². The van der Waals surface area contributed by atoms with Crippen LogP contribution in [0.1, 0.15) is 23.7 Å². The zero-order valence-corrected chi connectivity index (χ0v) is 11.0. The second-order valence-corrected chi connectivity index (χ2v) is 4.88. The average Bonchev–Trinajstić information content (AvgIpc) is 2.33. The van der Waals surface area contributed by atoms with Gasteiger partial charge in [-0.05, 0) is 19.1 Å². The minimum atomic E-state index is -0.787. The lowest BCUT2D eigenvalue weighted by molar-refractivity contribution is -0.136. The standard InChI is InChI=1S/C13H16O4S/c1-10(14)11-4-2-3-5-12(11)17-7-9-18-8-6-13(15)16/h2-5H,6-9H2,1H3,(H,15,16). The minimum Gasteiger partial charge on any atom is -0.492 e. The molecular weight excluding hydrogens is 252 g/mol. The molecule has 0 atom stereocenters. The second kappa shape index (κ2) is 7.76. The summed E-state index contributed by atoms with van der Waals surface area (Å²) in [6.07, 6.45) is 0.161. The summed E-state index contributed by atoms with van der Waals surface area (Å²) in [5.74, 6) is 1.06. The Labute approximate surface area is 110 Å². The average molecular weight is 268 g/mol. The van der Waals surface area contributed by atoms with Crippen LogP contribution in [0, 0.1) is 0 Å². The van der Waals surface area contributed by atoms with Gasteiger partial charge in [0.15, 0.2) is 5.78 Å². The summed E-state index contributed by atoms with van der Waals surface area (Å²) in [5, 5.41) is 8.46. The summed E-state index contributed by atoms with van der Waals surface area (Å²) in [7, 11) is 0. The number of carboxylic acids is 1. The molecule has 98 valence electrons. The van der Waals surface area contributed by atoms with Gasteiger partial charge < -0.3 is 9.84 Å². The molecule has 0 fully saturated rings. The van der Waals surface area contributed by atoms with Crippen LogP contribution >= 0.6 is 11.8 Å². The third kappa shape index (κ3) is 5.23. The van der Waals surface area contributed by atoms with Crippen LogP contribution in [0.3, 0.4) is 0 Å². The van der Waals surface area contributed by atoms with E-state index in [1.165, 1.54) is 18.7 Å². The molecule has 18 heavy (non-hydrogen) atoms. The third-order valence-electron chi connectivity index (χ3n) is 2.21. The van der Waals surface area contributed by atoms with Gasteiger partial charge in [-0.1, -0.05) is 12.1 Å². The van der Waals surface area contributed by atoms with Gasteiger partial charge in [-0.15, -0.1) is 0 Å². The van der Waals surface area contributed by atoms with Gasteiger partial charge in [-0.25, -0.2) is 0 Å². The number of carbonyl (C=O) groups is 2. The van der Waals surface area contributed by atoms with E-state index in [1.807, 2.05) is 6.07 Å². The molecular formula is C13H16O4S. The summed E-state index contributed by atoms with van der Waals surface area (Å²) in [5.41, 5.74) is 0.577. The Balaban J connectivity index is 2.31. The highest BCUT2D eigenvalue weighted by atomic mass is 32.2. The van der Waals surface area contributed by atoms with Crippen molar-refractivity contribution in [2.45, 2.75) is 13.3 Å². The second-order valence-electron chi connectivity index (χ2n) is 3.66. The predicted octanol–water partition coefficient (Wildman–Crippen LogP) is 2.48. The highest BCUT2D eigenvalue weighted by Gasteiger charge is 2.06. The summed E-state index contributed by atoms with van der Waals surface area (Å²) >= 11 is 1.52. The number of ketones is 1. The zero-order chi connectivity index (χ0) is 13.4. The number of benzene rings is 1. The van der Waals surface area contributed by atoms with Gasteiger partial charge in [0.1, 0.15) is 5.75 Å². The fourth-order valence-corrected chi connectivity index (χ4v) is 2.08. The van der Waals surface area contributed by atoms with Crippen molar-refractivity contribution in [2.75, 3.05) is 18.1 Å². The SMILES string of the molecule is CC(=O)c1ccccc1OCCSCCC(=O)O. The van der Waals surface area contributed by atoms with Gasteiger partial charge in [0.25, 0.3) is 0 Å². The van der Waals surface area contributed by atoms with Crippen molar-refractivity contribution < 1.29 is 19.4 Å². The zero-order valence-electron chi connectivity index (χ0n) is 10.2. The molecule has 5 heteroatoms. The van der Waals surface area contributed by atoms with Gasteiger partial charge in [0, 0.05) is 11.5 Å². The van der Waals surface area contributed by atoms with E-state index in [-0.39, 0.29) is 12.2 Å². The van der Waals surface area contributed by atoms with E-state index < -0.39 is 5.97 Å². The van der Waals surface area contributed by atoms with Crippen molar-refractivity contribution in [1.82, 2.24) is 0 Å². The largest absolute Gasteiger partial charge is 0.492 e. The number of hydrogen-bond acceptors (Lipinski definition) is 4. The molecule has 0 aromatic heterocycles. The lowest BCUT2D eigenvalue weighted by atomic mass is 10.1. The molecule has 0 aliphatic rings. The number of ether oxygens (including phenoxy) is 1. The molecule has 1 rings (SSSR count). The van der Waals surface area contributed by atoms with Gasteiger partial charge in [-0.3, -0.25) is 9.59 Å². The smallest absolute Gasteiger partial charge is 0.304 e. The Morgan fingerprint density at radius 3 is 2.67 bits per heavy atom. The number of carboxylic acid groups (broad SMARTS) is 1. The molecule has 0 aliphatic heterocycles. The number of Topliss-reactive ketones (excluding diaryl/α,β-unsaturated/α-hetero) is 1. The molecule has 0 bridgehead atoms. The molecule has 0 saturated carbocycles. The van der Waals surface area contributed by atoms with Crippen LogP contribution in [0.2, 0.25) is 0 Å². The van der Waals surface area contributed by atoms with Gasteiger partial charge in [0.2, 0.25) is 0 Å². The summed E-state index contributed by atoms with van der Waals surface area (Å²) in [6.45, 7) is 1.97. The lowest BCUT2D eigenvalue weighted by Crippen LogP contribution is -2.05. The van der Waals surface area contributed by atoms with Gasteiger partial charge in [0.05, 0.1) is 18.6 Å². The molecule has 0 amide bonds. The number of aliphatic carboxylic acids is 1. The molecule has 4 nitrogen and oxygen atoms in total. The molecule has 1 N–H and O–H groups in total. The van der Waals surface area contributed by atoms with E-state index in [4.69, 9.17) is 9.84 Å². The molecule has 1 aromatic rings. The Bertz CT molecular complexity index is 417. The predicted molar refractivity (Wildman–Crippen MR) is 71.5 cm³/mol. The first-order valence-electron chi connectivity index (χ1n) is 5.63. The van der Waals surface area contributed by atoms with E-state index in [2.05, 4.69) is 0 Å². The fourth-order valence-electron chi connectivity index (χ4n) is 1.36. The lowest BCUT2D eigenvalue weighted by Gasteiger charge is -2.09. The van der Waals surface area contributed by atoms with Crippen molar-refractivity contribution in [3.8, 4) is 5.75 Å². The highest BCUT2D eigenvalue weighted by Crippen LogP contribution is 2.18. The van der Waals surface area contributed by atoms with Crippen molar-refractivity contribution in [1.29, 1.82) is 0 Å². The first-order chi connectivity index (χ1) is 8.61. The molecule has 0 heterocycles. The minimum absolute atomic E-state index is 0.0240. The first kappa shape index (κ1) is 14.6. The number of hydrogen-bond donors (Lipinski definition) is 1. The number of thioether (sulfide) groups is 1. The van der Waals surface area contributed by atoms with Gasteiger partial charge in [-0.2, -0.15) is 11.8 Å². The van der Waals surface area contributed by atoms with Crippen LogP contribution in [-0.4, -0.2) is 35.0 Å². The summed E-state index contributed by atoms with van der Waals surface area (Å²) in [6, 6.07) is 7.11. The maximum absolute atomic E-state index is 11.3. The topological polar surface area (TPSA) is 63.6 Å². The maximum atomic E-state index is 11.3. The molecule has 0 unspecified atom stereocenters. The monoisotopic (exact) mass is 268 g/mol. The molecule has 0 radical (unpaired) electrons. The van der Waals surface area contributed by atoms with Crippen molar-refractivity contribution in [2.24, 2.45) is 0 Å². The van der Waals surface area contributed by atoms with Crippen LogP contribution in [-0.2, 0) is 4.79 Å². The Morgan fingerprint density at radius 2 is 2.00 bits per heavy atom. The van der Waals surface area contributed by atoms with E-state index in [0.29, 0.717) is 29.4 Å². The van der Waals surface area contributed by atoms with Crippen LogP contribution < -0.4 is 4.74 Å². The molecule has 0 spiro atoms. The van der Waals surface area contributed by atoms with Crippen LogP contribution in [0.25, 0.3) is 0 Å². The Hall–Kier alpha value is -1.49. The van der Waals surface area contributed by atoms with Crippen molar-refractivity contribution in [3.05, 3.63) is 29.8 Å². The normalized spacial score (nSPS) is 10.1. The maximum Gasteiger partial charge on any atom is 0.304 e. The third-order valence-corrected chi connectivity index (χ3v) is 3.16. The van der Waals surface area contributed by atoms with Crippen molar-refractivity contribution >= 4 is 23.5 Å². The first-order valence-corrected chi connectivity index (χ1v) is 6.79. The van der Waals surface area contributed by atoms with Gasteiger partial charge >= 0.3 is 5.97 Å². The number of carbonyl (C=O) groups excluding carboxylic acids is 1. The fraction of sp³-hybridized carbons (Fsp3) is 0.385.